The van der Waals surface area contributed by atoms with Crippen LogP contribution in [-0.2, 0) is 9.53 Å². The Labute approximate surface area is 206 Å². The number of aromatic amines is 1. The van der Waals surface area contributed by atoms with Crippen LogP contribution in [0.1, 0.15) is 74.7 Å². The van der Waals surface area contributed by atoms with Gasteiger partial charge in [-0.05, 0) is 35.0 Å². The second kappa shape index (κ2) is 11.8. The molecule has 2 N–H and O–H groups in total. The summed E-state index contributed by atoms with van der Waals surface area (Å²) < 4.78 is 5.98. The molecule has 2 rings (SSSR count). The lowest BCUT2D eigenvalue weighted by molar-refractivity contribution is -0.116. The Morgan fingerprint density at radius 3 is 2.44 bits per heavy atom. The van der Waals surface area contributed by atoms with Crippen LogP contribution in [0, 0.1) is 22.2 Å². The van der Waals surface area contributed by atoms with Crippen LogP contribution in [0.3, 0.4) is 0 Å². The number of amides is 1. The van der Waals surface area contributed by atoms with Crippen molar-refractivity contribution in [3.05, 3.63) is 42.5 Å². The number of hydrogen-bond acceptors (Lipinski definition) is 4. The largest absolute Gasteiger partial charge is 0.381 e. The number of carbonyl (C=O) groups excluding carboxylic acids is 1. The Morgan fingerprint density at radius 2 is 1.79 bits per heavy atom. The molecule has 1 aromatic carbocycles. The number of nitrogens with zero attached hydrogens (tertiary/aromatic N) is 2. The smallest absolute Gasteiger partial charge is 0.249 e. The lowest BCUT2D eigenvalue weighted by Crippen LogP contribution is -2.35. The normalized spacial score (nSPS) is 13.9. The zero-order valence-corrected chi connectivity index (χ0v) is 22.4. The number of hydrogen-bond donors (Lipinski definition) is 2. The van der Waals surface area contributed by atoms with Gasteiger partial charge in [-0.1, -0.05) is 97.9 Å². The van der Waals surface area contributed by atoms with Crippen molar-refractivity contribution < 1.29 is 9.53 Å². The first-order chi connectivity index (χ1) is 15.8. The van der Waals surface area contributed by atoms with Crippen molar-refractivity contribution in [2.45, 2.75) is 74.7 Å². The Hall–Kier alpha value is -2.47. The number of carbonyl (C=O) groups is 1. The first-order valence-corrected chi connectivity index (χ1v) is 12.3. The molecule has 0 saturated carbocycles. The van der Waals surface area contributed by atoms with Gasteiger partial charge in [-0.15, -0.1) is 5.10 Å². The van der Waals surface area contributed by atoms with E-state index in [1.54, 1.807) is 0 Å². The molecule has 6 nitrogen and oxygen atoms in total. The van der Waals surface area contributed by atoms with Crippen LogP contribution in [0.2, 0.25) is 0 Å². The summed E-state index contributed by atoms with van der Waals surface area (Å²) in [7, 11) is 0. The van der Waals surface area contributed by atoms with Gasteiger partial charge >= 0.3 is 0 Å². The number of rotatable bonds is 12. The molecule has 0 aliphatic rings. The SMILES string of the molecule is CC(/C=C\C(C)(C)C(C)(C)COCCCC(=O)Nc1n[nH]c(-c2ccccc2)n1)CC(C)(C)C. The summed E-state index contributed by atoms with van der Waals surface area (Å²) in [5.74, 6) is 1.35. The number of anilines is 1. The van der Waals surface area contributed by atoms with Crippen molar-refractivity contribution in [2.24, 2.45) is 22.2 Å². The summed E-state index contributed by atoms with van der Waals surface area (Å²) in [4.78, 5) is 16.6. The molecular formula is C28H44N4O2. The van der Waals surface area contributed by atoms with Crippen LogP contribution in [0.15, 0.2) is 42.5 Å². The van der Waals surface area contributed by atoms with Gasteiger partial charge in [0.15, 0.2) is 5.82 Å². The third-order valence-electron chi connectivity index (χ3n) is 6.46. The first-order valence-electron chi connectivity index (χ1n) is 12.3. The molecule has 1 heterocycles. The van der Waals surface area contributed by atoms with Crippen LogP contribution >= 0.6 is 0 Å². The molecule has 34 heavy (non-hydrogen) atoms. The number of H-pyrrole nitrogens is 1. The van der Waals surface area contributed by atoms with E-state index < -0.39 is 0 Å². The monoisotopic (exact) mass is 468 g/mol. The van der Waals surface area contributed by atoms with Crippen molar-refractivity contribution in [1.29, 1.82) is 0 Å². The molecule has 1 amide bonds. The molecule has 0 aliphatic carbocycles. The molecule has 1 unspecified atom stereocenters. The van der Waals surface area contributed by atoms with E-state index in [2.05, 4.69) is 88.0 Å². The van der Waals surface area contributed by atoms with Crippen molar-refractivity contribution in [3.63, 3.8) is 0 Å². The number of ether oxygens (including phenoxy) is 1. The Balaban J connectivity index is 1.73. The quantitative estimate of drug-likeness (QED) is 0.263. The second-order valence-corrected chi connectivity index (χ2v) is 11.8. The second-order valence-electron chi connectivity index (χ2n) is 11.8. The molecule has 0 saturated heterocycles. The number of allylic oxidation sites excluding steroid dienone is 2. The van der Waals surface area contributed by atoms with Crippen LogP contribution in [-0.4, -0.2) is 34.3 Å². The van der Waals surface area contributed by atoms with Crippen molar-refractivity contribution in [2.75, 3.05) is 18.5 Å². The summed E-state index contributed by atoms with van der Waals surface area (Å²) in [6.07, 6.45) is 6.88. The third kappa shape index (κ3) is 9.05. The van der Waals surface area contributed by atoms with Gasteiger partial charge in [-0.3, -0.25) is 15.2 Å². The van der Waals surface area contributed by atoms with Gasteiger partial charge in [-0.2, -0.15) is 4.98 Å². The van der Waals surface area contributed by atoms with E-state index in [9.17, 15) is 4.79 Å². The lowest BCUT2D eigenvalue weighted by atomic mass is 9.68. The molecule has 0 spiro atoms. The lowest BCUT2D eigenvalue weighted by Gasteiger charge is -2.39. The van der Waals surface area contributed by atoms with Gasteiger partial charge in [0.2, 0.25) is 11.9 Å². The number of benzene rings is 1. The minimum absolute atomic E-state index is 0.00139. The zero-order chi connectivity index (χ0) is 25.4. The van der Waals surface area contributed by atoms with Crippen LogP contribution < -0.4 is 5.32 Å². The van der Waals surface area contributed by atoms with Gasteiger partial charge < -0.3 is 4.74 Å². The molecule has 0 bridgehead atoms. The van der Waals surface area contributed by atoms with Gasteiger partial charge in [0.05, 0.1) is 6.61 Å². The van der Waals surface area contributed by atoms with Crippen molar-refractivity contribution in [3.8, 4) is 11.4 Å². The maximum Gasteiger partial charge on any atom is 0.249 e. The topological polar surface area (TPSA) is 79.9 Å². The number of nitrogens with one attached hydrogen (secondary N) is 2. The highest BCUT2D eigenvalue weighted by Crippen LogP contribution is 2.40. The number of aromatic nitrogens is 3. The third-order valence-corrected chi connectivity index (χ3v) is 6.46. The molecule has 188 valence electrons. The molecule has 0 radical (unpaired) electrons. The van der Waals surface area contributed by atoms with E-state index in [0.29, 0.717) is 49.2 Å². The fraction of sp³-hybridized carbons (Fsp3) is 0.607. The summed E-state index contributed by atoms with van der Waals surface area (Å²) in [6, 6.07) is 9.69. The minimum Gasteiger partial charge on any atom is -0.381 e. The average Bonchev–Trinajstić information content (AvgIpc) is 3.20. The van der Waals surface area contributed by atoms with E-state index >= 15 is 0 Å². The fourth-order valence-electron chi connectivity index (χ4n) is 3.74. The highest BCUT2D eigenvalue weighted by Gasteiger charge is 2.35. The van der Waals surface area contributed by atoms with Gasteiger partial charge in [-0.25, -0.2) is 0 Å². The van der Waals surface area contributed by atoms with E-state index in [1.807, 2.05) is 30.3 Å². The van der Waals surface area contributed by atoms with E-state index in [4.69, 9.17) is 4.74 Å². The van der Waals surface area contributed by atoms with E-state index in [-0.39, 0.29) is 16.7 Å². The standard InChI is InChI=1S/C28H44N4O2/c1-21(19-26(2,3)4)16-17-27(5,6)28(7,8)20-34-18-12-15-23(33)29-25-30-24(31-32-25)22-13-10-9-11-14-22/h9-11,13-14,16-17,21H,12,15,18-20H2,1-8H3,(H2,29,30,31,32,33)/b17-16-. The summed E-state index contributed by atoms with van der Waals surface area (Å²) in [6.45, 7) is 19.3. The van der Waals surface area contributed by atoms with Gasteiger partial charge in [0.25, 0.3) is 0 Å². The average molecular weight is 469 g/mol. The predicted octanol–water partition coefficient (Wildman–Crippen LogP) is 6.89. The van der Waals surface area contributed by atoms with Crippen LogP contribution in [0.5, 0.6) is 0 Å². The Morgan fingerprint density at radius 1 is 1.12 bits per heavy atom. The van der Waals surface area contributed by atoms with E-state index in [1.165, 1.54) is 6.42 Å². The van der Waals surface area contributed by atoms with Gasteiger partial charge in [0.1, 0.15) is 0 Å². The molecule has 1 aromatic heterocycles. The molecule has 0 aliphatic heterocycles. The highest BCUT2D eigenvalue weighted by atomic mass is 16.5. The molecular weight excluding hydrogens is 424 g/mol. The Bertz CT molecular complexity index is 923. The van der Waals surface area contributed by atoms with E-state index in [0.717, 1.165) is 5.56 Å². The highest BCUT2D eigenvalue weighted by molar-refractivity contribution is 5.89. The molecule has 2 aromatic rings. The van der Waals surface area contributed by atoms with Crippen molar-refractivity contribution >= 4 is 11.9 Å². The molecule has 1 atom stereocenters. The van der Waals surface area contributed by atoms with Crippen molar-refractivity contribution in [1.82, 2.24) is 15.2 Å². The maximum absolute atomic E-state index is 12.3. The van der Waals surface area contributed by atoms with Crippen LogP contribution in [0.4, 0.5) is 5.95 Å². The molecule has 6 heteroatoms. The summed E-state index contributed by atoms with van der Waals surface area (Å²) in [5, 5.41) is 9.69. The predicted molar refractivity (Wildman–Crippen MR) is 140 cm³/mol. The minimum atomic E-state index is -0.113. The fourth-order valence-corrected chi connectivity index (χ4v) is 3.74. The summed E-state index contributed by atoms with van der Waals surface area (Å²) in [5.41, 5.74) is 1.22. The Kier molecular flexibility index (Phi) is 9.63. The summed E-state index contributed by atoms with van der Waals surface area (Å²) >= 11 is 0. The molecule has 0 fully saturated rings. The van der Waals surface area contributed by atoms with Gasteiger partial charge in [0, 0.05) is 18.6 Å². The maximum atomic E-state index is 12.3. The first kappa shape index (κ1) is 27.8. The van der Waals surface area contributed by atoms with Crippen LogP contribution in [0.25, 0.3) is 11.4 Å². The zero-order valence-electron chi connectivity index (χ0n) is 22.4.